The second-order valence-corrected chi connectivity index (χ2v) is 7.80. The number of nitrogens with zero attached hydrogens (tertiary/aromatic N) is 2. The van der Waals surface area contributed by atoms with Crippen LogP contribution in [0.1, 0.15) is 39.5 Å². The third kappa shape index (κ3) is 4.42. The van der Waals surface area contributed by atoms with Crippen molar-refractivity contribution >= 4 is 21.4 Å². The SMILES string of the molecule is CC(C)NS(=O)(=O)c1ccc(N2CCCCCC2)c([N+](=O)[O-])c1. The van der Waals surface area contributed by atoms with Crippen LogP contribution in [0.25, 0.3) is 0 Å². The Bertz CT molecular complexity index is 665. The van der Waals surface area contributed by atoms with Gasteiger partial charge in [-0.3, -0.25) is 10.1 Å². The molecule has 0 bridgehead atoms. The van der Waals surface area contributed by atoms with Crippen LogP contribution in [-0.2, 0) is 10.0 Å². The van der Waals surface area contributed by atoms with Crippen LogP contribution in [0.2, 0.25) is 0 Å². The van der Waals surface area contributed by atoms with E-state index in [0.717, 1.165) is 44.8 Å². The monoisotopic (exact) mass is 341 g/mol. The molecule has 1 N–H and O–H groups in total. The Morgan fingerprint density at radius 3 is 2.30 bits per heavy atom. The fourth-order valence-electron chi connectivity index (χ4n) is 2.77. The van der Waals surface area contributed by atoms with Crippen LogP contribution in [-0.4, -0.2) is 32.5 Å². The Hall–Kier alpha value is -1.67. The van der Waals surface area contributed by atoms with E-state index in [9.17, 15) is 18.5 Å². The number of nitrogens with one attached hydrogen (secondary N) is 1. The van der Waals surface area contributed by atoms with Crippen molar-refractivity contribution in [2.45, 2.75) is 50.5 Å². The molecule has 0 unspecified atom stereocenters. The zero-order chi connectivity index (χ0) is 17.0. The zero-order valence-corrected chi connectivity index (χ0v) is 14.3. The van der Waals surface area contributed by atoms with Gasteiger partial charge in [-0.25, -0.2) is 13.1 Å². The number of rotatable bonds is 5. The van der Waals surface area contributed by atoms with E-state index >= 15 is 0 Å². The van der Waals surface area contributed by atoms with E-state index in [2.05, 4.69) is 4.72 Å². The van der Waals surface area contributed by atoms with Gasteiger partial charge in [-0.1, -0.05) is 12.8 Å². The van der Waals surface area contributed by atoms with Gasteiger partial charge in [0.15, 0.2) is 0 Å². The number of nitro groups is 1. The van der Waals surface area contributed by atoms with Gasteiger partial charge in [0.05, 0.1) is 9.82 Å². The van der Waals surface area contributed by atoms with E-state index in [1.165, 1.54) is 6.07 Å². The maximum absolute atomic E-state index is 12.2. The van der Waals surface area contributed by atoms with Gasteiger partial charge in [0, 0.05) is 25.2 Å². The lowest BCUT2D eigenvalue weighted by molar-refractivity contribution is -0.384. The van der Waals surface area contributed by atoms with E-state index in [4.69, 9.17) is 0 Å². The lowest BCUT2D eigenvalue weighted by Gasteiger charge is -2.22. The molecule has 1 fully saturated rings. The molecule has 23 heavy (non-hydrogen) atoms. The van der Waals surface area contributed by atoms with Crippen LogP contribution in [0, 0.1) is 10.1 Å². The average Bonchev–Trinajstić information content (AvgIpc) is 2.74. The highest BCUT2D eigenvalue weighted by molar-refractivity contribution is 7.89. The van der Waals surface area contributed by atoms with E-state index in [-0.39, 0.29) is 16.6 Å². The number of nitro benzene ring substituents is 1. The van der Waals surface area contributed by atoms with Crippen molar-refractivity contribution in [3.05, 3.63) is 28.3 Å². The highest BCUT2D eigenvalue weighted by atomic mass is 32.2. The van der Waals surface area contributed by atoms with Gasteiger partial charge < -0.3 is 4.90 Å². The minimum absolute atomic E-state index is 0.0727. The molecular formula is C15H23N3O4S. The summed E-state index contributed by atoms with van der Waals surface area (Å²) in [5, 5.41) is 11.4. The number of sulfonamides is 1. The standard InChI is InChI=1S/C15H23N3O4S/c1-12(2)16-23(21,22)13-7-8-14(15(11-13)18(19)20)17-9-5-3-4-6-10-17/h7-8,11-12,16H,3-6,9-10H2,1-2H3. The third-order valence-corrected chi connectivity index (χ3v) is 5.45. The van der Waals surface area contributed by atoms with Crippen molar-refractivity contribution < 1.29 is 13.3 Å². The number of hydrogen-bond donors (Lipinski definition) is 1. The van der Waals surface area contributed by atoms with Crippen molar-refractivity contribution in [2.24, 2.45) is 0 Å². The van der Waals surface area contributed by atoms with Gasteiger partial charge in [0.2, 0.25) is 10.0 Å². The molecule has 8 heteroatoms. The van der Waals surface area contributed by atoms with Gasteiger partial charge >= 0.3 is 0 Å². The molecule has 0 aliphatic carbocycles. The molecule has 1 aliphatic rings. The first-order chi connectivity index (χ1) is 10.8. The molecule has 1 aromatic rings. The molecular weight excluding hydrogens is 318 g/mol. The first kappa shape index (κ1) is 17.7. The number of hydrogen-bond acceptors (Lipinski definition) is 5. The number of benzene rings is 1. The second-order valence-electron chi connectivity index (χ2n) is 6.08. The summed E-state index contributed by atoms with van der Waals surface area (Å²) in [5.41, 5.74) is 0.346. The lowest BCUT2D eigenvalue weighted by Crippen LogP contribution is -2.30. The molecule has 0 saturated carbocycles. The highest BCUT2D eigenvalue weighted by Crippen LogP contribution is 2.32. The van der Waals surface area contributed by atoms with Crippen LogP contribution in [0.5, 0.6) is 0 Å². The predicted molar refractivity (Wildman–Crippen MR) is 89.2 cm³/mol. The molecule has 0 spiro atoms. The molecule has 0 atom stereocenters. The summed E-state index contributed by atoms with van der Waals surface area (Å²) in [5.74, 6) is 0. The summed E-state index contributed by atoms with van der Waals surface area (Å²) in [4.78, 5) is 12.8. The van der Waals surface area contributed by atoms with Crippen LogP contribution >= 0.6 is 0 Å². The quantitative estimate of drug-likeness (QED) is 0.656. The van der Waals surface area contributed by atoms with Crippen molar-refractivity contribution in [1.29, 1.82) is 0 Å². The molecule has 128 valence electrons. The summed E-state index contributed by atoms with van der Waals surface area (Å²) >= 11 is 0. The summed E-state index contributed by atoms with van der Waals surface area (Å²) < 4.78 is 26.9. The second kappa shape index (κ2) is 7.27. The topological polar surface area (TPSA) is 92.6 Å². The zero-order valence-electron chi connectivity index (χ0n) is 13.5. The van der Waals surface area contributed by atoms with Gasteiger partial charge in [0.1, 0.15) is 5.69 Å². The fourth-order valence-corrected chi connectivity index (χ4v) is 4.04. The Kier molecular flexibility index (Phi) is 5.59. The lowest BCUT2D eigenvalue weighted by atomic mass is 10.2. The minimum atomic E-state index is -3.74. The smallest absolute Gasteiger partial charge is 0.293 e. The minimum Gasteiger partial charge on any atom is -0.366 e. The van der Waals surface area contributed by atoms with E-state index in [0.29, 0.717) is 5.69 Å². The Morgan fingerprint density at radius 1 is 1.17 bits per heavy atom. The van der Waals surface area contributed by atoms with Gasteiger partial charge in [0.25, 0.3) is 5.69 Å². The Labute approximate surface area is 136 Å². The molecule has 0 radical (unpaired) electrons. The maximum atomic E-state index is 12.2. The normalized spacial score (nSPS) is 16.4. The average molecular weight is 341 g/mol. The van der Waals surface area contributed by atoms with Crippen LogP contribution in [0.4, 0.5) is 11.4 Å². The van der Waals surface area contributed by atoms with E-state index in [1.807, 2.05) is 4.90 Å². The van der Waals surface area contributed by atoms with Crippen molar-refractivity contribution in [3.8, 4) is 0 Å². The summed E-state index contributed by atoms with van der Waals surface area (Å²) in [6, 6.07) is 3.88. The van der Waals surface area contributed by atoms with E-state index < -0.39 is 14.9 Å². The molecule has 0 aromatic heterocycles. The van der Waals surface area contributed by atoms with Gasteiger partial charge in [-0.05, 0) is 38.8 Å². The molecule has 7 nitrogen and oxygen atoms in total. The molecule has 1 saturated heterocycles. The van der Waals surface area contributed by atoms with Gasteiger partial charge in [-0.2, -0.15) is 0 Å². The first-order valence-corrected chi connectivity index (χ1v) is 9.35. The summed E-state index contributed by atoms with van der Waals surface area (Å²) in [6.45, 7) is 4.93. The van der Waals surface area contributed by atoms with Crippen molar-refractivity contribution in [1.82, 2.24) is 4.72 Å². The Balaban J connectivity index is 2.40. The van der Waals surface area contributed by atoms with E-state index in [1.54, 1.807) is 19.9 Å². The molecule has 1 heterocycles. The summed E-state index contributed by atoms with van der Waals surface area (Å²) in [7, 11) is -3.74. The Morgan fingerprint density at radius 2 is 1.78 bits per heavy atom. The number of anilines is 1. The van der Waals surface area contributed by atoms with Crippen molar-refractivity contribution in [2.75, 3.05) is 18.0 Å². The predicted octanol–water partition coefficient (Wildman–Crippen LogP) is 2.66. The maximum Gasteiger partial charge on any atom is 0.293 e. The van der Waals surface area contributed by atoms with Crippen LogP contribution in [0.3, 0.4) is 0 Å². The van der Waals surface area contributed by atoms with Gasteiger partial charge in [-0.15, -0.1) is 0 Å². The van der Waals surface area contributed by atoms with Crippen molar-refractivity contribution in [3.63, 3.8) is 0 Å². The largest absolute Gasteiger partial charge is 0.366 e. The van der Waals surface area contributed by atoms with Crippen LogP contribution < -0.4 is 9.62 Å². The molecule has 1 aliphatic heterocycles. The molecule has 1 aromatic carbocycles. The first-order valence-electron chi connectivity index (χ1n) is 7.87. The third-order valence-electron chi connectivity index (χ3n) is 3.79. The molecule has 0 amide bonds. The van der Waals surface area contributed by atoms with Crippen LogP contribution in [0.15, 0.2) is 23.1 Å². The fraction of sp³-hybridized carbons (Fsp3) is 0.600. The molecule has 2 rings (SSSR count). The summed E-state index contributed by atoms with van der Waals surface area (Å²) in [6.07, 6.45) is 4.22. The highest BCUT2D eigenvalue weighted by Gasteiger charge is 2.25.